The lowest BCUT2D eigenvalue weighted by Gasteiger charge is -2.13. The van der Waals surface area contributed by atoms with E-state index in [4.69, 9.17) is 21.9 Å². The third-order valence-corrected chi connectivity index (χ3v) is 7.82. The van der Waals surface area contributed by atoms with Gasteiger partial charge >= 0.3 is 0 Å². The summed E-state index contributed by atoms with van der Waals surface area (Å²) in [4.78, 5) is 19.5. The Morgan fingerprint density at radius 3 is 2.79 bits per heavy atom. The maximum atomic E-state index is 13.5. The zero-order valence-electron chi connectivity index (χ0n) is 21.3. The van der Waals surface area contributed by atoms with Crippen molar-refractivity contribution < 1.29 is 9.53 Å². The summed E-state index contributed by atoms with van der Waals surface area (Å²) >= 11 is 7.05. The van der Waals surface area contributed by atoms with Crippen molar-refractivity contribution in [1.82, 2.24) is 10.3 Å². The highest BCUT2D eigenvalue weighted by atomic mass is 32.1. The number of amides is 1. The molecule has 0 spiro atoms. The second-order valence-corrected chi connectivity index (χ2v) is 11.3. The van der Waals surface area contributed by atoms with Crippen LogP contribution in [-0.2, 0) is 12.8 Å². The van der Waals surface area contributed by atoms with Crippen LogP contribution in [0.3, 0.4) is 0 Å². The molecule has 0 aliphatic heterocycles. The number of fused-ring (bicyclic) bond motifs is 2. The average Bonchev–Trinajstić information content (AvgIpc) is 3.28. The molecule has 2 N–H and O–H groups in total. The van der Waals surface area contributed by atoms with Crippen LogP contribution in [-0.4, -0.2) is 22.6 Å². The third kappa shape index (κ3) is 5.54. The Hall–Kier alpha value is -3.80. The van der Waals surface area contributed by atoms with Gasteiger partial charge in [-0.15, -0.1) is 11.3 Å². The van der Waals surface area contributed by atoms with Gasteiger partial charge in [0.15, 0.2) is 5.11 Å². The minimum absolute atomic E-state index is 0.164. The fraction of sp³-hybridized carbons (Fsp3) is 0.267. The molecular weight excluding hydrogens is 512 g/mol. The van der Waals surface area contributed by atoms with Crippen molar-refractivity contribution in [2.75, 3.05) is 11.9 Å². The lowest BCUT2D eigenvalue weighted by Crippen LogP contribution is -2.34. The van der Waals surface area contributed by atoms with Gasteiger partial charge in [-0.05, 0) is 73.6 Å². The van der Waals surface area contributed by atoms with Crippen LogP contribution in [0.4, 0.5) is 5.00 Å². The molecule has 2 aromatic heterocycles. The van der Waals surface area contributed by atoms with Crippen molar-refractivity contribution in [3.63, 3.8) is 0 Å². The Balaban J connectivity index is 1.41. The van der Waals surface area contributed by atoms with Crippen LogP contribution in [0.1, 0.15) is 53.1 Å². The SMILES string of the molecule is CC(C)COc1cccc(-c2cc(C(=O)NC(=S)Nc3sc4c(c3C#N)CCCC4)c3ccccc3n2)c1. The van der Waals surface area contributed by atoms with Crippen LogP contribution in [0, 0.1) is 17.2 Å². The maximum Gasteiger partial charge on any atom is 0.258 e. The highest BCUT2D eigenvalue weighted by Gasteiger charge is 2.22. The second-order valence-electron chi connectivity index (χ2n) is 9.74. The first-order valence-corrected chi connectivity index (χ1v) is 14.0. The van der Waals surface area contributed by atoms with Crippen molar-refractivity contribution in [3.8, 4) is 23.1 Å². The van der Waals surface area contributed by atoms with E-state index in [2.05, 4.69) is 30.6 Å². The predicted molar refractivity (Wildman–Crippen MR) is 157 cm³/mol. The summed E-state index contributed by atoms with van der Waals surface area (Å²) < 4.78 is 5.90. The molecule has 4 aromatic rings. The highest BCUT2D eigenvalue weighted by Crippen LogP contribution is 2.37. The predicted octanol–water partition coefficient (Wildman–Crippen LogP) is 6.88. The van der Waals surface area contributed by atoms with E-state index >= 15 is 0 Å². The maximum absolute atomic E-state index is 13.5. The number of carbonyl (C=O) groups is 1. The Labute approximate surface area is 231 Å². The molecule has 6 nitrogen and oxygen atoms in total. The van der Waals surface area contributed by atoms with Crippen molar-refractivity contribution in [2.45, 2.75) is 39.5 Å². The smallest absolute Gasteiger partial charge is 0.258 e. The number of thiocarbonyl (C=S) groups is 1. The summed E-state index contributed by atoms with van der Waals surface area (Å²) in [5.41, 5.74) is 4.45. The fourth-order valence-electron chi connectivity index (χ4n) is 4.60. The number of anilines is 1. The van der Waals surface area contributed by atoms with Crippen molar-refractivity contribution in [2.24, 2.45) is 5.92 Å². The first-order chi connectivity index (χ1) is 18.4. The number of aromatic nitrogens is 1. The lowest BCUT2D eigenvalue weighted by atomic mass is 9.96. The zero-order valence-corrected chi connectivity index (χ0v) is 23.0. The summed E-state index contributed by atoms with van der Waals surface area (Å²) in [6.07, 6.45) is 4.10. The summed E-state index contributed by atoms with van der Waals surface area (Å²) in [5, 5.41) is 17.3. The van der Waals surface area contributed by atoms with Crippen LogP contribution >= 0.6 is 23.6 Å². The number of nitriles is 1. The van der Waals surface area contributed by atoms with Gasteiger partial charge in [0.05, 0.1) is 28.9 Å². The van der Waals surface area contributed by atoms with Gasteiger partial charge in [0.25, 0.3) is 5.91 Å². The van der Waals surface area contributed by atoms with E-state index < -0.39 is 0 Å². The molecule has 0 saturated carbocycles. The molecule has 5 rings (SSSR count). The van der Waals surface area contributed by atoms with E-state index in [-0.39, 0.29) is 11.0 Å². The average molecular weight is 541 g/mol. The van der Waals surface area contributed by atoms with Crippen LogP contribution in [0.2, 0.25) is 0 Å². The largest absolute Gasteiger partial charge is 0.493 e. The summed E-state index contributed by atoms with van der Waals surface area (Å²) in [6.45, 7) is 4.83. The Bertz CT molecular complexity index is 1570. The van der Waals surface area contributed by atoms with Crippen molar-refractivity contribution >= 4 is 50.5 Å². The number of para-hydroxylation sites is 1. The van der Waals surface area contributed by atoms with Crippen LogP contribution in [0.5, 0.6) is 5.75 Å². The molecule has 38 heavy (non-hydrogen) atoms. The molecular formula is C30H28N4O2S2. The molecule has 0 bridgehead atoms. The van der Waals surface area contributed by atoms with Gasteiger partial charge in [-0.2, -0.15) is 5.26 Å². The van der Waals surface area contributed by atoms with E-state index in [1.54, 1.807) is 17.4 Å². The quantitative estimate of drug-likeness (QED) is 0.259. The van der Waals surface area contributed by atoms with E-state index in [1.165, 1.54) is 4.88 Å². The number of rotatable bonds is 6. The summed E-state index contributed by atoms with van der Waals surface area (Å²) in [6, 6.07) is 19.4. The van der Waals surface area contributed by atoms with Gasteiger partial charge < -0.3 is 10.1 Å². The van der Waals surface area contributed by atoms with Crippen molar-refractivity contribution in [1.29, 1.82) is 5.26 Å². The number of aryl methyl sites for hydroxylation is 1. The molecule has 1 amide bonds. The molecule has 2 aromatic carbocycles. The number of pyridine rings is 1. The Kier molecular flexibility index (Phi) is 7.68. The van der Waals surface area contributed by atoms with Gasteiger partial charge in [0, 0.05) is 15.8 Å². The van der Waals surface area contributed by atoms with Crippen molar-refractivity contribution in [3.05, 3.63) is 76.2 Å². The van der Waals surface area contributed by atoms with Crippen LogP contribution in [0.15, 0.2) is 54.6 Å². The monoisotopic (exact) mass is 540 g/mol. The molecule has 2 heterocycles. The molecule has 1 aliphatic rings. The summed E-state index contributed by atoms with van der Waals surface area (Å²) in [5.74, 6) is 0.831. The van der Waals surface area contributed by atoms with E-state index in [9.17, 15) is 10.1 Å². The number of thiophene rings is 1. The Morgan fingerprint density at radius 1 is 1.16 bits per heavy atom. The number of hydrogen-bond donors (Lipinski definition) is 2. The van der Waals surface area contributed by atoms with Gasteiger partial charge in [0.2, 0.25) is 0 Å². The lowest BCUT2D eigenvalue weighted by molar-refractivity contribution is 0.0979. The minimum Gasteiger partial charge on any atom is -0.493 e. The number of carbonyl (C=O) groups excluding carboxylic acids is 1. The molecule has 0 unspecified atom stereocenters. The number of hydrogen-bond acceptors (Lipinski definition) is 6. The number of nitrogens with one attached hydrogen (secondary N) is 2. The van der Waals surface area contributed by atoms with Gasteiger partial charge in [-0.3, -0.25) is 10.1 Å². The van der Waals surface area contributed by atoms with Gasteiger partial charge in [0.1, 0.15) is 16.8 Å². The Morgan fingerprint density at radius 2 is 1.97 bits per heavy atom. The third-order valence-electron chi connectivity index (χ3n) is 6.41. The first-order valence-electron chi connectivity index (χ1n) is 12.7. The van der Waals surface area contributed by atoms with E-state index in [1.807, 2.05) is 48.5 Å². The standard InChI is InChI=1S/C30H28N4O2S2/c1-18(2)17-36-20-9-7-8-19(14-20)26-15-23(21-10-3-5-12-25(21)32-26)28(35)33-30(37)34-29-24(16-31)22-11-4-6-13-27(22)38-29/h3,5,7-10,12,14-15,18H,4,6,11,13,17H2,1-2H3,(H2,33,34,35,37). The minimum atomic E-state index is -0.339. The normalized spacial score (nSPS) is 12.6. The molecule has 0 atom stereocenters. The second kappa shape index (κ2) is 11.3. The number of benzene rings is 2. The topological polar surface area (TPSA) is 87.0 Å². The molecule has 0 saturated heterocycles. The molecule has 8 heteroatoms. The highest BCUT2D eigenvalue weighted by molar-refractivity contribution is 7.80. The van der Waals surface area contributed by atoms with Gasteiger partial charge in [-0.25, -0.2) is 4.98 Å². The van der Waals surface area contributed by atoms with Crippen LogP contribution < -0.4 is 15.4 Å². The summed E-state index contributed by atoms with van der Waals surface area (Å²) in [7, 11) is 0. The molecule has 1 aliphatic carbocycles. The first kappa shape index (κ1) is 25.8. The number of ether oxygens (including phenoxy) is 1. The zero-order chi connectivity index (χ0) is 26.6. The van der Waals surface area contributed by atoms with Gasteiger partial charge in [-0.1, -0.05) is 44.2 Å². The molecule has 192 valence electrons. The van der Waals surface area contributed by atoms with Crippen LogP contribution in [0.25, 0.3) is 22.2 Å². The fourth-order valence-corrected chi connectivity index (χ4v) is 6.10. The van der Waals surface area contributed by atoms with E-state index in [0.29, 0.717) is 39.9 Å². The molecule has 0 fully saturated rings. The number of nitrogens with zero attached hydrogens (tertiary/aromatic N) is 2. The van der Waals surface area contributed by atoms with E-state index in [0.717, 1.165) is 47.9 Å². The molecule has 0 radical (unpaired) electrons.